The number of fused-ring (bicyclic) bond motifs is 1. The maximum atomic E-state index is 13.0. The Morgan fingerprint density at radius 1 is 1.23 bits per heavy atom. The van der Waals surface area contributed by atoms with E-state index in [-0.39, 0.29) is 6.04 Å². The minimum absolute atomic E-state index is 0.0640. The van der Waals surface area contributed by atoms with Gasteiger partial charge in [0.25, 0.3) is 10.2 Å². The Bertz CT molecular complexity index is 632. The van der Waals surface area contributed by atoms with Gasteiger partial charge in [0.2, 0.25) is 0 Å². The Balaban J connectivity index is 1.81. The van der Waals surface area contributed by atoms with E-state index in [9.17, 15) is 8.42 Å². The van der Waals surface area contributed by atoms with Crippen molar-refractivity contribution in [2.24, 2.45) is 11.7 Å². The Hall–Kier alpha value is -0.950. The number of benzene rings is 1. The Kier molecular flexibility index (Phi) is 4.54. The summed E-state index contributed by atoms with van der Waals surface area (Å²) < 4.78 is 29.3. The second-order valence-electron chi connectivity index (χ2n) is 6.49. The zero-order chi connectivity index (χ0) is 15.7. The second kappa shape index (κ2) is 6.28. The minimum Gasteiger partial charge on any atom is -0.329 e. The first kappa shape index (κ1) is 15.9. The Labute approximate surface area is 133 Å². The molecule has 0 amide bonds. The van der Waals surface area contributed by atoms with E-state index in [1.54, 1.807) is 8.61 Å². The normalized spacial score (nSPS) is 27.5. The van der Waals surface area contributed by atoms with Crippen LogP contribution in [0.15, 0.2) is 24.3 Å². The molecule has 0 bridgehead atoms. The number of nitrogens with two attached hydrogens (primary N) is 1. The quantitative estimate of drug-likeness (QED) is 0.913. The first-order valence-electron chi connectivity index (χ1n) is 8.06. The van der Waals surface area contributed by atoms with E-state index in [1.165, 1.54) is 5.56 Å². The van der Waals surface area contributed by atoms with Crippen molar-refractivity contribution in [1.29, 1.82) is 0 Å². The molecule has 2 aliphatic heterocycles. The van der Waals surface area contributed by atoms with Crippen LogP contribution in [0.3, 0.4) is 0 Å². The van der Waals surface area contributed by atoms with Crippen molar-refractivity contribution in [3.63, 3.8) is 0 Å². The number of rotatable bonds is 3. The van der Waals surface area contributed by atoms with Crippen LogP contribution in [0.4, 0.5) is 0 Å². The average molecular weight is 323 g/mol. The molecule has 2 heterocycles. The summed E-state index contributed by atoms with van der Waals surface area (Å²) in [4.78, 5) is 0. The van der Waals surface area contributed by atoms with Crippen molar-refractivity contribution in [1.82, 2.24) is 8.61 Å². The summed E-state index contributed by atoms with van der Waals surface area (Å²) >= 11 is 0. The third kappa shape index (κ3) is 2.93. The number of piperidine rings is 1. The molecule has 1 aromatic rings. The standard InChI is InChI=1S/C16H25N3O2S/c1-13-6-9-19(16(10-13)11-17)22(20,21)18-8-7-14-4-2-3-5-15(14)12-18/h2-5,13,16H,6-12,17H2,1H3. The van der Waals surface area contributed by atoms with E-state index < -0.39 is 10.2 Å². The smallest absolute Gasteiger partial charge is 0.282 e. The Morgan fingerprint density at radius 3 is 2.68 bits per heavy atom. The van der Waals surface area contributed by atoms with Gasteiger partial charge in [-0.05, 0) is 36.3 Å². The molecule has 2 N–H and O–H groups in total. The molecule has 2 aliphatic rings. The van der Waals surface area contributed by atoms with Gasteiger partial charge in [0.15, 0.2) is 0 Å². The third-order valence-corrected chi connectivity index (χ3v) is 6.95. The van der Waals surface area contributed by atoms with Gasteiger partial charge in [-0.1, -0.05) is 31.2 Å². The van der Waals surface area contributed by atoms with Crippen LogP contribution < -0.4 is 5.73 Å². The molecule has 122 valence electrons. The maximum absolute atomic E-state index is 13.0. The van der Waals surface area contributed by atoms with Crippen molar-refractivity contribution in [3.8, 4) is 0 Å². The van der Waals surface area contributed by atoms with E-state index in [2.05, 4.69) is 13.0 Å². The van der Waals surface area contributed by atoms with Crippen LogP contribution in [0.1, 0.15) is 30.9 Å². The van der Waals surface area contributed by atoms with Gasteiger partial charge in [-0.15, -0.1) is 0 Å². The van der Waals surface area contributed by atoms with Crippen molar-refractivity contribution in [2.45, 2.75) is 38.8 Å². The molecule has 2 atom stereocenters. The lowest BCUT2D eigenvalue weighted by atomic mass is 9.94. The van der Waals surface area contributed by atoms with Crippen molar-refractivity contribution < 1.29 is 8.42 Å². The van der Waals surface area contributed by atoms with Gasteiger partial charge in [-0.2, -0.15) is 17.0 Å². The summed E-state index contributed by atoms with van der Waals surface area (Å²) in [5.74, 6) is 0.544. The first-order valence-corrected chi connectivity index (χ1v) is 9.46. The number of hydrogen-bond donors (Lipinski definition) is 1. The third-order valence-electron chi connectivity index (χ3n) is 4.91. The summed E-state index contributed by atoms with van der Waals surface area (Å²) in [6, 6.07) is 8.03. The first-order chi connectivity index (χ1) is 10.5. The van der Waals surface area contributed by atoms with Gasteiger partial charge < -0.3 is 5.73 Å². The van der Waals surface area contributed by atoms with Crippen LogP contribution in [-0.4, -0.2) is 42.7 Å². The molecule has 6 heteroatoms. The van der Waals surface area contributed by atoms with Crippen LogP contribution in [-0.2, 0) is 23.2 Å². The molecule has 3 rings (SSSR count). The molecule has 0 aromatic heterocycles. The summed E-state index contributed by atoms with van der Waals surface area (Å²) in [5, 5.41) is 0. The fraction of sp³-hybridized carbons (Fsp3) is 0.625. The van der Waals surface area contributed by atoms with Gasteiger partial charge in [0, 0.05) is 32.2 Å². The molecule has 0 spiro atoms. The maximum Gasteiger partial charge on any atom is 0.282 e. The molecule has 1 saturated heterocycles. The minimum atomic E-state index is -3.43. The van der Waals surface area contributed by atoms with E-state index in [0.29, 0.717) is 32.1 Å². The molecule has 2 unspecified atom stereocenters. The van der Waals surface area contributed by atoms with Crippen LogP contribution in [0.2, 0.25) is 0 Å². The highest BCUT2D eigenvalue weighted by Gasteiger charge is 2.38. The topological polar surface area (TPSA) is 66.6 Å². The number of nitrogens with zero attached hydrogens (tertiary/aromatic N) is 2. The summed E-state index contributed by atoms with van der Waals surface area (Å²) in [7, 11) is -3.43. The van der Waals surface area contributed by atoms with Crippen molar-refractivity contribution in [2.75, 3.05) is 19.6 Å². The zero-order valence-corrected chi connectivity index (χ0v) is 13.9. The monoisotopic (exact) mass is 323 g/mol. The van der Waals surface area contributed by atoms with Gasteiger partial charge in [0.1, 0.15) is 0 Å². The molecular formula is C16H25N3O2S. The molecule has 1 aromatic carbocycles. The summed E-state index contributed by atoms with van der Waals surface area (Å²) in [5.41, 5.74) is 8.21. The molecule has 0 radical (unpaired) electrons. The summed E-state index contributed by atoms with van der Waals surface area (Å²) in [6.07, 6.45) is 2.56. The molecular weight excluding hydrogens is 298 g/mol. The highest BCUT2D eigenvalue weighted by molar-refractivity contribution is 7.86. The van der Waals surface area contributed by atoms with Crippen LogP contribution in [0, 0.1) is 5.92 Å². The van der Waals surface area contributed by atoms with Crippen LogP contribution in [0.25, 0.3) is 0 Å². The van der Waals surface area contributed by atoms with E-state index in [4.69, 9.17) is 5.73 Å². The average Bonchev–Trinajstić information content (AvgIpc) is 2.54. The fourth-order valence-corrected chi connectivity index (χ4v) is 5.37. The lowest BCUT2D eigenvalue weighted by molar-refractivity contribution is 0.195. The molecule has 0 saturated carbocycles. The lowest BCUT2D eigenvalue weighted by Gasteiger charge is -2.40. The van der Waals surface area contributed by atoms with Gasteiger partial charge >= 0.3 is 0 Å². The van der Waals surface area contributed by atoms with Gasteiger partial charge in [-0.3, -0.25) is 0 Å². The SMILES string of the molecule is CC1CCN(S(=O)(=O)N2CCc3ccccc3C2)C(CN)C1. The Morgan fingerprint density at radius 2 is 1.95 bits per heavy atom. The largest absolute Gasteiger partial charge is 0.329 e. The van der Waals surface area contributed by atoms with Crippen LogP contribution in [0.5, 0.6) is 0 Å². The van der Waals surface area contributed by atoms with Crippen molar-refractivity contribution in [3.05, 3.63) is 35.4 Å². The molecule has 5 nitrogen and oxygen atoms in total. The summed E-state index contributed by atoms with van der Waals surface area (Å²) in [6.45, 7) is 4.19. The predicted molar refractivity (Wildman–Crippen MR) is 87.4 cm³/mol. The lowest BCUT2D eigenvalue weighted by Crippen LogP contribution is -2.54. The fourth-order valence-electron chi connectivity index (χ4n) is 3.56. The van der Waals surface area contributed by atoms with E-state index in [1.807, 2.05) is 18.2 Å². The van der Waals surface area contributed by atoms with Gasteiger partial charge in [0.05, 0.1) is 0 Å². The van der Waals surface area contributed by atoms with Crippen molar-refractivity contribution >= 4 is 10.2 Å². The van der Waals surface area contributed by atoms with E-state index in [0.717, 1.165) is 24.8 Å². The molecule has 22 heavy (non-hydrogen) atoms. The predicted octanol–water partition coefficient (Wildman–Crippen LogP) is 1.35. The molecule has 0 aliphatic carbocycles. The van der Waals surface area contributed by atoms with E-state index >= 15 is 0 Å². The molecule has 1 fully saturated rings. The van der Waals surface area contributed by atoms with Gasteiger partial charge in [-0.25, -0.2) is 0 Å². The van der Waals surface area contributed by atoms with Crippen LogP contribution >= 0.6 is 0 Å². The second-order valence-corrected chi connectivity index (χ2v) is 8.37. The highest BCUT2D eigenvalue weighted by Crippen LogP contribution is 2.28. The zero-order valence-electron chi connectivity index (χ0n) is 13.1. The number of hydrogen-bond acceptors (Lipinski definition) is 3. The highest BCUT2D eigenvalue weighted by atomic mass is 32.2.